The summed E-state index contributed by atoms with van der Waals surface area (Å²) in [5, 5.41) is 0. The van der Waals surface area contributed by atoms with Gasteiger partial charge in [-0.2, -0.15) is 0 Å². The van der Waals surface area contributed by atoms with Gasteiger partial charge in [0, 0.05) is 19.3 Å². The Morgan fingerprint density at radius 2 is 0.460 bits per heavy atom. The van der Waals surface area contributed by atoms with E-state index in [0.29, 0.717) is 19.3 Å². The summed E-state index contributed by atoms with van der Waals surface area (Å²) in [5.74, 6) is 1.61. The van der Waals surface area contributed by atoms with E-state index in [9.17, 15) is 14.4 Å². The largest absolute Gasteiger partial charge is 0.462 e. The summed E-state index contributed by atoms with van der Waals surface area (Å²) in [6.45, 7) is 13.7. The molecule has 0 aromatic rings. The fraction of sp³-hybridized carbons (Fsp3) is 0.947. The highest BCUT2D eigenvalue weighted by atomic mass is 16.6. The Labute approximate surface area is 393 Å². The lowest BCUT2D eigenvalue weighted by Crippen LogP contribution is -2.30. The molecule has 63 heavy (non-hydrogen) atoms. The first-order chi connectivity index (χ1) is 30.6. The van der Waals surface area contributed by atoms with Crippen LogP contribution in [0.4, 0.5) is 0 Å². The number of carbonyl (C=O) groups excluding carboxylic acids is 3. The molecule has 0 amide bonds. The van der Waals surface area contributed by atoms with Gasteiger partial charge >= 0.3 is 17.9 Å². The Morgan fingerprint density at radius 3 is 0.683 bits per heavy atom. The number of carbonyl (C=O) groups is 3. The molecule has 6 nitrogen and oxygen atoms in total. The highest BCUT2D eigenvalue weighted by Gasteiger charge is 2.19. The minimum atomic E-state index is -0.763. The van der Waals surface area contributed by atoms with Crippen LogP contribution >= 0.6 is 0 Å². The van der Waals surface area contributed by atoms with Crippen LogP contribution in [0.3, 0.4) is 0 Å². The maximum absolute atomic E-state index is 12.8. The van der Waals surface area contributed by atoms with Gasteiger partial charge in [-0.1, -0.05) is 273 Å². The average molecular weight is 892 g/mol. The van der Waals surface area contributed by atoms with Gasteiger partial charge in [0.2, 0.25) is 0 Å². The van der Waals surface area contributed by atoms with E-state index in [1.807, 2.05) is 0 Å². The Bertz CT molecular complexity index is 976. The van der Waals surface area contributed by atoms with Crippen LogP contribution in [-0.2, 0) is 28.6 Å². The van der Waals surface area contributed by atoms with Crippen molar-refractivity contribution < 1.29 is 28.6 Å². The van der Waals surface area contributed by atoms with Crippen LogP contribution in [0, 0.1) is 17.8 Å². The number of hydrogen-bond donors (Lipinski definition) is 0. The van der Waals surface area contributed by atoms with E-state index in [0.717, 1.165) is 75.5 Å². The zero-order chi connectivity index (χ0) is 46.3. The lowest BCUT2D eigenvalue weighted by molar-refractivity contribution is -0.167. The third-order valence-corrected chi connectivity index (χ3v) is 12.9. The van der Waals surface area contributed by atoms with Crippen molar-refractivity contribution in [1.29, 1.82) is 0 Å². The molecule has 374 valence electrons. The third-order valence-electron chi connectivity index (χ3n) is 12.9. The maximum atomic E-state index is 12.8. The smallest absolute Gasteiger partial charge is 0.306 e. The van der Waals surface area contributed by atoms with E-state index in [1.165, 1.54) is 193 Å². The lowest BCUT2D eigenvalue weighted by Gasteiger charge is -2.18. The molecule has 0 aliphatic rings. The molecule has 6 heteroatoms. The fourth-order valence-corrected chi connectivity index (χ4v) is 8.65. The summed E-state index contributed by atoms with van der Waals surface area (Å²) in [6.07, 6.45) is 49.7. The number of ether oxygens (including phenoxy) is 3. The normalized spacial score (nSPS) is 12.1. The quantitative estimate of drug-likeness (QED) is 0.0344. The van der Waals surface area contributed by atoms with E-state index in [4.69, 9.17) is 14.2 Å². The second-order valence-electron chi connectivity index (χ2n) is 21.0. The summed E-state index contributed by atoms with van der Waals surface area (Å²) in [6, 6.07) is 0. The highest BCUT2D eigenvalue weighted by Crippen LogP contribution is 2.18. The molecule has 0 bridgehead atoms. The molecule has 0 spiro atoms. The molecule has 0 aromatic carbocycles. The van der Waals surface area contributed by atoms with E-state index >= 15 is 0 Å². The molecule has 0 radical (unpaired) electrons. The molecule has 0 fully saturated rings. The van der Waals surface area contributed by atoms with Crippen molar-refractivity contribution in [2.24, 2.45) is 17.8 Å². The predicted molar refractivity (Wildman–Crippen MR) is 270 cm³/mol. The standard InChI is InChI=1S/C57H110O6/c1-51(2)43-37-31-25-21-17-13-9-7-8-10-16-20-24-28-36-42-48-57(60)63-54(50-62-56(59)47-41-35-30-29-33-39-45-53(5)6)49-61-55(58)46-40-34-27-23-19-15-12-11-14-18-22-26-32-38-44-52(3)4/h51-54H,7-50H2,1-6H3/t54-/m1/s1. The van der Waals surface area contributed by atoms with E-state index < -0.39 is 6.10 Å². The zero-order valence-corrected chi connectivity index (χ0v) is 43.4. The van der Waals surface area contributed by atoms with Gasteiger partial charge in [-0.25, -0.2) is 0 Å². The molecule has 0 heterocycles. The van der Waals surface area contributed by atoms with Gasteiger partial charge in [-0.3, -0.25) is 14.4 Å². The summed E-state index contributed by atoms with van der Waals surface area (Å²) in [5.41, 5.74) is 0. The van der Waals surface area contributed by atoms with Crippen LogP contribution in [0.15, 0.2) is 0 Å². The average Bonchev–Trinajstić information content (AvgIpc) is 3.24. The van der Waals surface area contributed by atoms with Crippen molar-refractivity contribution in [1.82, 2.24) is 0 Å². The number of esters is 3. The summed E-state index contributed by atoms with van der Waals surface area (Å²) < 4.78 is 16.8. The van der Waals surface area contributed by atoms with Crippen LogP contribution < -0.4 is 0 Å². The zero-order valence-electron chi connectivity index (χ0n) is 43.4. The lowest BCUT2D eigenvalue weighted by atomic mass is 10.0. The van der Waals surface area contributed by atoms with E-state index in [1.54, 1.807) is 0 Å². The highest BCUT2D eigenvalue weighted by molar-refractivity contribution is 5.71. The molecule has 0 aliphatic heterocycles. The molecule has 0 aromatic heterocycles. The van der Waals surface area contributed by atoms with Gasteiger partial charge in [0.15, 0.2) is 6.10 Å². The monoisotopic (exact) mass is 891 g/mol. The van der Waals surface area contributed by atoms with Crippen molar-refractivity contribution in [3.05, 3.63) is 0 Å². The number of unbranched alkanes of at least 4 members (excludes halogenated alkanes) is 33. The van der Waals surface area contributed by atoms with Crippen LogP contribution in [0.5, 0.6) is 0 Å². The Morgan fingerprint density at radius 1 is 0.270 bits per heavy atom. The third kappa shape index (κ3) is 51.3. The van der Waals surface area contributed by atoms with Crippen molar-refractivity contribution in [3.63, 3.8) is 0 Å². The summed E-state index contributed by atoms with van der Waals surface area (Å²) >= 11 is 0. The van der Waals surface area contributed by atoms with Gasteiger partial charge in [-0.05, 0) is 37.0 Å². The Balaban J connectivity index is 4.22. The van der Waals surface area contributed by atoms with Crippen molar-refractivity contribution >= 4 is 17.9 Å². The maximum Gasteiger partial charge on any atom is 0.306 e. The first-order valence-electron chi connectivity index (χ1n) is 28.1. The molecular weight excluding hydrogens is 781 g/mol. The second kappa shape index (κ2) is 48.3. The molecule has 0 rings (SSSR count). The van der Waals surface area contributed by atoms with Gasteiger partial charge in [0.05, 0.1) is 0 Å². The number of hydrogen-bond acceptors (Lipinski definition) is 6. The van der Waals surface area contributed by atoms with Gasteiger partial charge < -0.3 is 14.2 Å². The van der Waals surface area contributed by atoms with Crippen molar-refractivity contribution in [3.8, 4) is 0 Å². The fourth-order valence-electron chi connectivity index (χ4n) is 8.65. The Hall–Kier alpha value is -1.59. The van der Waals surface area contributed by atoms with Gasteiger partial charge in [0.1, 0.15) is 13.2 Å². The molecule has 0 unspecified atom stereocenters. The molecule has 0 aliphatic carbocycles. The molecule has 0 saturated heterocycles. The van der Waals surface area contributed by atoms with Crippen LogP contribution in [0.1, 0.15) is 311 Å². The minimum absolute atomic E-state index is 0.0646. The van der Waals surface area contributed by atoms with Crippen LogP contribution in [0.25, 0.3) is 0 Å². The van der Waals surface area contributed by atoms with Crippen molar-refractivity contribution in [2.75, 3.05) is 13.2 Å². The first kappa shape index (κ1) is 61.4. The first-order valence-corrected chi connectivity index (χ1v) is 28.1. The van der Waals surface area contributed by atoms with Crippen LogP contribution in [0.2, 0.25) is 0 Å². The molecule has 0 saturated carbocycles. The number of rotatable bonds is 50. The van der Waals surface area contributed by atoms with Crippen LogP contribution in [-0.4, -0.2) is 37.2 Å². The SMILES string of the molecule is CC(C)CCCCCCCCCCCCCCCCCCC(=O)O[C@H](COC(=O)CCCCCCCCCCCCCCCCC(C)C)COC(=O)CCCCCCCCC(C)C. The van der Waals surface area contributed by atoms with Gasteiger partial charge in [-0.15, -0.1) is 0 Å². The predicted octanol–water partition coefficient (Wildman–Crippen LogP) is 18.3. The Kier molecular flexibility index (Phi) is 47.1. The molecule has 1 atom stereocenters. The topological polar surface area (TPSA) is 78.9 Å². The minimum Gasteiger partial charge on any atom is -0.462 e. The van der Waals surface area contributed by atoms with E-state index in [2.05, 4.69) is 41.5 Å². The molecular formula is C57H110O6. The second-order valence-corrected chi connectivity index (χ2v) is 21.0. The summed E-state index contributed by atoms with van der Waals surface area (Å²) in [4.78, 5) is 38.0. The van der Waals surface area contributed by atoms with Crippen molar-refractivity contribution in [2.45, 2.75) is 317 Å². The van der Waals surface area contributed by atoms with E-state index in [-0.39, 0.29) is 31.1 Å². The summed E-state index contributed by atoms with van der Waals surface area (Å²) in [7, 11) is 0. The molecule has 0 N–H and O–H groups in total. The van der Waals surface area contributed by atoms with Gasteiger partial charge in [0.25, 0.3) is 0 Å².